The van der Waals surface area contributed by atoms with Crippen molar-refractivity contribution < 1.29 is 22.7 Å². The molecule has 0 aliphatic carbocycles. The minimum Gasteiger partial charge on any atom is -0.359 e. The number of amides is 1. The van der Waals surface area contributed by atoms with Crippen molar-refractivity contribution in [1.29, 1.82) is 0 Å². The van der Waals surface area contributed by atoms with Crippen molar-refractivity contribution in [2.24, 2.45) is 0 Å². The van der Waals surface area contributed by atoms with E-state index in [1.165, 1.54) is 13.8 Å². The van der Waals surface area contributed by atoms with Gasteiger partial charge in [0, 0.05) is 0 Å². The fourth-order valence-corrected chi connectivity index (χ4v) is 1.60. The van der Waals surface area contributed by atoms with Crippen LogP contribution in [0.2, 0.25) is 0 Å². The Morgan fingerprint density at radius 2 is 2.12 bits per heavy atom. The third kappa shape index (κ3) is 2.89. The van der Waals surface area contributed by atoms with Gasteiger partial charge in [-0.15, -0.1) is 6.42 Å². The molecule has 0 saturated carbocycles. The summed E-state index contributed by atoms with van der Waals surface area (Å²) in [5.74, 6) is 1.06. The maximum Gasteiger partial charge on any atom is 0.416 e. The Morgan fingerprint density at radius 1 is 1.56 bits per heavy atom. The van der Waals surface area contributed by atoms with Gasteiger partial charge < -0.3 is 9.64 Å². The molecule has 1 saturated heterocycles. The van der Waals surface area contributed by atoms with E-state index in [0.717, 1.165) is 4.90 Å². The zero-order valence-electron chi connectivity index (χ0n) is 8.97. The van der Waals surface area contributed by atoms with Crippen LogP contribution in [-0.2, 0) is 9.53 Å². The standard InChI is InChI=1S/C10H12F3NO2/c1-4-8(15)14-5-7(10(11,12)13)16-9(2,3)6-14/h1,7H,5-6H2,2-3H3. The predicted molar refractivity (Wildman–Crippen MR) is 50.4 cm³/mol. The average Bonchev–Trinajstić information content (AvgIpc) is 2.12. The molecule has 16 heavy (non-hydrogen) atoms. The highest BCUT2D eigenvalue weighted by Gasteiger charge is 2.48. The second-order valence-corrected chi connectivity index (χ2v) is 4.24. The van der Waals surface area contributed by atoms with Crippen LogP contribution >= 0.6 is 0 Å². The Hall–Kier alpha value is -1.22. The lowest BCUT2D eigenvalue weighted by Crippen LogP contribution is -2.58. The molecule has 0 N–H and O–H groups in total. The van der Waals surface area contributed by atoms with E-state index < -0.39 is 30.3 Å². The molecule has 1 rings (SSSR count). The molecule has 0 aromatic heterocycles. The van der Waals surface area contributed by atoms with Crippen molar-refractivity contribution in [2.75, 3.05) is 13.1 Å². The summed E-state index contributed by atoms with van der Waals surface area (Å²) in [6.45, 7) is 2.49. The van der Waals surface area contributed by atoms with Crippen LogP contribution in [0.4, 0.5) is 13.2 Å². The van der Waals surface area contributed by atoms with Gasteiger partial charge in [-0.25, -0.2) is 0 Å². The minimum absolute atomic E-state index is 0.0581. The van der Waals surface area contributed by atoms with E-state index in [0.29, 0.717) is 0 Å². The fraction of sp³-hybridized carbons (Fsp3) is 0.700. The van der Waals surface area contributed by atoms with Crippen LogP contribution in [0.5, 0.6) is 0 Å². The van der Waals surface area contributed by atoms with Crippen molar-refractivity contribution in [3.05, 3.63) is 0 Å². The first-order chi connectivity index (χ1) is 7.15. The van der Waals surface area contributed by atoms with Crippen LogP contribution in [0.1, 0.15) is 13.8 Å². The molecular weight excluding hydrogens is 223 g/mol. The molecule has 0 aromatic rings. The van der Waals surface area contributed by atoms with Crippen LogP contribution in [-0.4, -0.2) is 41.8 Å². The van der Waals surface area contributed by atoms with Crippen LogP contribution in [0.15, 0.2) is 0 Å². The highest BCUT2D eigenvalue weighted by molar-refractivity contribution is 5.93. The third-order valence-corrected chi connectivity index (χ3v) is 2.19. The van der Waals surface area contributed by atoms with Crippen molar-refractivity contribution in [3.63, 3.8) is 0 Å². The Kier molecular flexibility index (Phi) is 3.20. The number of terminal acetylenes is 1. The smallest absolute Gasteiger partial charge is 0.359 e. The van der Waals surface area contributed by atoms with Gasteiger partial charge in [-0.1, -0.05) is 0 Å². The molecule has 1 unspecified atom stereocenters. The molecule has 90 valence electrons. The van der Waals surface area contributed by atoms with E-state index in [9.17, 15) is 18.0 Å². The summed E-state index contributed by atoms with van der Waals surface area (Å²) in [6, 6.07) is 0. The first kappa shape index (κ1) is 12.8. The zero-order valence-corrected chi connectivity index (χ0v) is 8.97. The van der Waals surface area contributed by atoms with Gasteiger partial charge in [0.2, 0.25) is 0 Å². The number of rotatable bonds is 0. The Bertz CT molecular complexity index is 330. The summed E-state index contributed by atoms with van der Waals surface area (Å²) in [7, 11) is 0. The average molecular weight is 235 g/mol. The summed E-state index contributed by atoms with van der Waals surface area (Å²) in [5.41, 5.74) is -1.05. The second kappa shape index (κ2) is 3.98. The zero-order chi connectivity index (χ0) is 12.6. The number of ether oxygens (including phenoxy) is 1. The number of nitrogens with zero attached hydrogens (tertiary/aromatic N) is 1. The summed E-state index contributed by atoms with van der Waals surface area (Å²) < 4.78 is 42.4. The molecule has 0 bridgehead atoms. The number of carbonyl (C=O) groups excluding carboxylic acids is 1. The lowest BCUT2D eigenvalue weighted by molar-refractivity contribution is -0.269. The Labute approximate surface area is 91.5 Å². The SMILES string of the molecule is C#CC(=O)N1CC(C(F)(F)F)OC(C)(C)C1. The molecule has 0 spiro atoms. The topological polar surface area (TPSA) is 29.5 Å². The molecule has 1 aliphatic rings. The van der Waals surface area contributed by atoms with Gasteiger partial charge in [-0.05, 0) is 19.8 Å². The molecule has 3 nitrogen and oxygen atoms in total. The van der Waals surface area contributed by atoms with Gasteiger partial charge in [0.25, 0.3) is 5.91 Å². The molecule has 6 heteroatoms. The van der Waals surface area contributed by atoms with E-state index in [2.05, 4.69) is 0 Å². The van der Waals surface area contributed by atoms with E-state index in [4.69, 9.17) is 11.2 Å². The lowest BCUT2D eigenvalue weighted by Gasteiger charge is -2.42. The van der Waals surface area contributed by atoms with Gasteiger partial charge in [-0.2, -0.15) is 13.2 Å². The van der Waals surface area contributed by atoms with E-state index >= 15 is 0 Å². The monoisotopic (exact) mass is 235 g/mol. The summed E-state index contributed by atoms with van der Waals surface area (Å²) in [5, 5.41) is 0. The maximum atomic E-state index is 12.5. The maximum absolute atomic E-state index is 12.5. The number of alkyl halides is 3. The van der Waals surface area contributed by atoms with Crippen LogP contribution in [0.25, 0.3) is 0 Å². The molecule has 1 atom stereocenters. The van der Waals surface area contributed by atoms with Gasteiger partial charge >= 0.3 is 6.18 Å². The van der Waals surface area contributed by atoms with Gasteiger partial charge in [-0.3, -0.25) is 4.79 Å². The van der Waals surface area contributed by atoms with Crippen LogP contribution in [0.3, 0.4) is 0 Å². The van der Waals surface area contributed by atoms with E-state index in [1.807, 2.05) is 5.92 Å². The van der Waals surface area contributed by atoms with Crippen molar-refractivity contribution >= 4 is 5.91 Å². The molecule has 1 aliphatic heterocycles. The molecule has 1 amide bonds. The van der Waals surface area contributed by atoms with Crippen molar-refractivity contribution in [3.8, 4) is 12.3 Å². The third-order valence-electron chi connectivity index (χ3n) is 2.19. The molecule has 0 aromatic carbocycles. The Balaban J connectivity index is 2.87. The summed E-state index contributed by atoms with van der Waals surface area (Å²) in [6.07, 6.45) is -1.59. The summed E-state index contributed by atoms with van der Waals surface area (Å²) >= 11 is 0. The van der Waals surface area contributed by atoms with Gasteiger partial charge in [0.15, 0.2) is 6.10 Å². The number of hydrogen-bond acceptors (Lipinski definition) is 2. The highest BCUT2D eigenvalue weighted by atomic mass is 19.4. The molecule has 1 heterocycles. The van der Waals surface area contributed by atoms with Gasteiger partial charge in [0.1, 0.15) is 0 Å². The number of halogens is 3. The van der Waals surface area contributed by atoms with E-state index in [1.54, 1.807) is 0 Å². The number of hydrogen-bond donors (Lipinski definition) is 0. The first-order valence-corrected chi connectivity index (χ1v) is 4.66. The largest absolute Gasteiger partial charge is 0.416 e. The normalized spacial score (nSPS) is 25.0. The fourth-order valence-electron chi connectivity index (χ4n) is 1.60. The predicted octanol–water partition coefficient (Wildman–Crippen LogP) is 1.19. The number of morpholine rings is 1. The molecule has 1 fully saturated rings. The minimum atomic E-state index is -4.50. The lowest BCUT2D eigenvalue weighted by atomic mass is 10.0. The van der Waals surface area contributed by atoms with Crippen molar-refractivity contribution in [2.45, 2.75) is 31.7 Å². The van der Waals surface area contributed by atoms with Crippen LogP contribution < -0.4 is 0 Å². The van der Waals surface area contributed by atoms with Gasteiger partial charge in [0.05, 0.1) is 18.7 Å². The van der Waals surface area contributed by atoms with Crippen LogP contribution in [0, 0.1) is 12.3 Å². The first-order valence-electron chi connectivity index (χ1n) is 4.66. The summed E-state index contributed by atoms with van der Waals surface area (Å²) in [4.78, 5) is 12.2. The van der Waals surface area contributed by atoms with E-state index in [-0.39, 0.29) is 6.54 Å². The second-order valence-electron chi connectivity index (χ2n) is 4.24. The van der Waals surface area contributed by atoms with Crippen molar-refractivity contribution in [1.82, 2.24) is 4.90 Å². The highest BCUT2D eigenvalue weighted by Crippen LogP contribution is 2.31. The quantitative estimate of drug-likeness (QED) is 0.590. The number of carbonyl (C=O) groups is 1. The molecule has 0 radical (unpaired) electrons. The molecular formula is C10H12F3NO2. The Morgan fingerprint density at radius 3 is 2.56 bits per heavy atom.